The predicted octanol–water partition coefficient (Wildman–Crippen LogP) is -0.517. The third kappa shape index (κ3) is 1.74. The molecule has 3 heterocycles. The number of piperidine rings is 3. The highest BCUT2D eigenvalue weighted by molar-refractivity contribution is 7.80. The first-order valence-electron chi connectivity index (χ1n) is 4.99. The number of hydrogen-bond acceptors (Lipinski definition) is 3. The number of carbonyl (C=O) groups excluding carboxylic acids is 1. The molecule has 0 spiro atoms. The monoisotopic (exact) mass is 213 g/mol. The van der Waals surface area contributed by atoms with E-state index in [1.807, 2.05) is 0 Å². The van der Waals surface area contributed by atoms with Crippen molar-refractivity contribution >= 4 is 23.1 Å². The summed E-state index contributed by atoms with van der Waals surface area (Å²) >= 11 is 4.73. The Kier molecular flexibility index (Phi) is 2.69. The first kappa shape index (κ1) is 9.86. The third-order valence-corrected chi connectivity index (χ3v) is 3.32. The summed E-state index contributed by atoms with van der Waals surface area (Å²) in [6.07, 6.45) is 2.06. The minimum absolute atomic E-state index is 0.00370. The van der Waals surface area contributed by atoms with Crippen molar-refractivity contribution in [2.45, 2.75) is 18.9 Å². The topological polar surface area (TPSA) is 58.4 Å². The molecule has 0 aromatic heterocycles. The number of thiocarbonyl (C=S) groups is 1. The molecule has 0 aromatic rings. The van der Waals surface area contributed by atoms with E-state index in [0.29, 0.717) is 12.3 Å². The van der Waals surface area contributed by atoms with Crippen LogP contribution in [-0.2, 0) is 4.79 Å². The van der Waals surface area contributed by atoms with Gasteiger partial charge < -0.3 is 11.1 Å². The number of ketones is 1. The largest absolute Gasteiger partial charge is 0.376 e. The van der Waals surface area contributed by atoms with Gasteiger partial charge in [-0.1, -0.05) is 0 Å². The zero-order valence-electron chi connectivity index (χ0n) is 8.03. The van der Waals surface area contributed by atoms with Crippen LogP contribution in [0.5, 0.6) is 0 Å². The number of carbonyl (C=O) groups is 1. The Hall–Kier alpha value is -0.680. The van der Waals surface area contributed by atoms with Crippen LogP contribution in [0.3, 0.4) is 0 Å². The Morgan fingerprint density at radius 3 is 2.71 bits per heavy atom. The molecule has 3 rings (SSSR count). The molecule has 1 unspecified atom stereocenters. The van der Waals surface area contributed by atoms with E-state index in [4.69, 9.17) is 18.0 Å². The summed E-state index contributed by atoms with van der Waals surface area (Å²) in [6.45, 7) is 2.66. The van der Waals surface area contributed by atoms with E-state index in [1.165, 1.54) is 0 Å². The molecule has 0 aliphatic carbocycles. The fourth-order valence-corrected chi connectivity index (χ4v) is 2.46. The average molecular weight is 213 g/mol. The third-order valence-electron chi connectivity index (χ3n) is 3.17. The van der Waals surface area contributed by atoms with Crippen LogP contribution in [0, 0.1) is 5.92 Å². The Balaban J connectivity index is 1.97. The van der Waals surface area contributed by atoms with Crippen LogP contribution in [0.1, 0.15) is 12.8 Å². The fourth-order valence-electron chi connectivity index (χ4n) is 2.37. The van der Waals surface area contributed by atoms with Gasteiger partial charge in [-0.2, -0.15) is 0 Å². The van der Waals surface area contributed by atoms with Gasteiger partial charge in [0.1, 0.15) is 0 Å². The van der Waals surface area contributed by atoms with E-state index in [2.05, 4.69) is 10.2 Å². The summed E-state index contributed by atoms with van der Waals surface area (Å²) in [5, 5.41) is 3.16. The highest BCUT2D eigenvalue weighted by atomic mass is 32.1. The molecule has 3 aliphatic heterocycles. The lowest BCUT2D eigenvalue weighted by Crippen LogP contribution is -2.59. The maximum Gasteiger partial charge on any atom is 0.163 e. The number of rotatable bonds is 2. The molecule has 78 valence electrons. The first-order chi connectivity index (χ1) is 6.68. The van der Waals surface area contributed by atoms with Crippen LogP contribution >= 0.6 is 12.2 Å². The van der Waals surface area contributed by atoms with Gasteiger partial charge in [0.15, 0.2) is 10.9 Å². The molecule has 3 saturated heterocycles. The van der Waals surface area contributed by atoms with Crippen molar-refractivity contribution in [1.29, 1.82) is 0 Å². The van der Waals surface area contributed by atoms with Crippen LogP contribution in [0.25, 0.3) is 0 Å². The molecule has 2 bridgehead atoms. The number of hydrogen-bond donors (Lipinski definition) is 2. The van der Waals surface area contributed by atoms with E-state index in [-0.39, 0.29) is 17.1 Å². The van der Waals surface area contributed by atoms with Crippen LogP contribution in [0.15, 0.2) is 0 Å². The van der Waals surface area contributed by atoms with Gasteiger partial charge >= 0.3 is 0 Å². The molecule has 14 heavy (non-hydrogen) atoms. The van der Waals surface area contributed by atoms with E-state index in [0.717, 1.165) is 25.9 Å². The predicted molar refractivity (Wildman–Crippen MR) is 57.9 cm³/mol. The van der Waals surface area contributed by atoms with Crippen LogP contribution < -0.4 is 11.1 Å². The normalized spacial score (nSPS) is 35.7. The van der Waals surface area contributed by atoms with Crippen molar-refractivity contribution in [1.82, 2.24) is 10.2 Å². The molecule has 0 radical (unpaired) electrons. The standard InChI is InChI=1S/C9H15N3OS/c10-9(14)11-5-7-8(13)6-1-3-12(7)4-2-6/h6-7H,1-5H2,(H3,10,11,14). The number of nitrogens with two attached hydrogens (primary N) is 1. The second kappa shape index (κ2) is 3.82. The van der Waals surface area contributed by atoms with Crippen molar-refractivity contribution < 1.29 is 4.79 Å². The minimum atomic E-state index is 0.00370. The molecule has 3 N–H and O–H groups in total. The Morgan fingerprint density at radius 2 is 2.21 bits per heavy atom. The molecule has 5 heteroatoms. The second-order valence-corrected chi connectivity index (χ2v) is 4.41. The molecular weight excluding hydrogens is 198 g/mol. The van der Waals surface area contributed by atoms with E-state index in [9.17, 15) is 4.79 Å². The molecule has 0 saturated carbocycles. The zero-order valence-corrected chi connectivity index (χ0v) is 8.85. The smallest absolute Gasteiger partial charge is 0.163 e. The molecule has 1 atom stereocenters. The summed E-state index contributed by atoms with van der Waals surface area (Å²) < 4.78 is 0. The molecule has 0 aromatic carbocycles. The van der Waals surface area contributed by atoms with Gasteiger partial charge in [0.05, 0.1) is 6.04 Å². The van der Waals surface area contributed by atoms with Crippen molar-refractivity contribution in [3.05, 3.63) is 0 Å². The van der Waals surface area contributed by atoms with E-state index in [1.54, 1.807) is 0 Å². The second-order valence-electron chi connectivity index (χ2n) is 3.97. The van der Waals surface area contributed by atoms with Crippen molar-refractivity contribution in [3.8, 4) is 0 Å². The summed E-state index contributed by atoms with van der Waals surface area (Å²) in [5.41, 5.74) is 5.34. The van der Waals surface area contributed by atoms with E-state index >= 15 is 0 Å². The quantitative estimate of drug-likeness (QED) is 0.605. The summed E-state index contributed by atoms with van der Waals surface area (Å²) in [7, 11) is 0. The minimum Gasteiger partial charge on any atom is -0.376 e. The molecule has 3 aliphatic rings. The van der Waals surface area contributed by atoms with Gasteiger partial charge in [0.25, 0.3) is 0 Å². The lowest BCUT2D eigenvalue weighted by Gasteiger charge is -2.44. The molecule has 0 amide bonds. The van der Waals surface area contributed by atoms with Gasteiger partial charge in [-0.05, 0) is 38.1 Å². The zero-order chi connectivity index (χ0) is 10.1. The highest BCUT2D eigenvalue weighted by Gasteiger charge is 2.40. The van der Waals surface area contributed by atoms with E-state index < -0.39 is 0 Å². The molecular formula is C9H15N3OS. The van der Waals surface area contributed by atoms with Gasteiger partial charge in [0, 0.05) is 12.5 Å². The van der Waals surface area contributed by atoms with Crippen molar-refractivity contribution in [3.63, 3.8) is 0 Å². The number of Topliss-reactive ketones (excluding diaryl/α,β-unsaturated/α-hetero) is 1. The maximum atomic E-state index is 11.8. The van der Waals surface area contributed by atoms with Crippen LogP contribution in [-0.4, -0.2) is 41.5 Å². The summed E-state index contributed by atoms with van der Waals surface area (Å²) in [6, 6.07) is 0.00370. The van der Waals surface area contributed by atoms with Crippen LogP contribution in [0.2, 0.25) is 0 Å². The number of fused-ring (bicyclic) bond motifs is 3. The Bertz CT molecular complexity index is 261. The summed E-state index contributed by atoms with van der Waals surface area (Å²) in [5.74, 6) is 0.657. The Labute approximate surface area is 88.8 Å². The van der Waals surface area contributed by atoms with Crippen molar-refractivity contribution in [2.75, 3.05) is 19.6 Å². The van der Waals surface area contributed by atoms with Crippen molar-refractivity contribution in [2.24, 2.45) is 11.7 Å². The molecule has 3 fully saturated rings. The fraction of sp³-hybridized carbons (Fsp3) is 0.778. The lowest BCUT2D eigenvalue weighted by molar-refractivity contribution is -0.136. The van der Waals surface area contributed by atoms with Crippen LogP contribution in [0.4, 0.5) is 0 Å². The number of nitrogens with one attached hydrogen (secondary N) is 1. The molecule has 4 nitrogen and oxygen atoms in total. The number of nitrogens with zero attached hydrogens (tertiary/aromatic N) is 1. The summed E-state index contributed by atoms with van der Waals surface area (Å²) in [4.78, 5) is 14.1. The van der Waals surface area contributed by atoms with Gasteiger partial charge in [0.2, 0.25) is 0 Å². The SMILES string of the molecule is NC(=S)NCC1C(=O)C2CCN1CC2. The first-order valence-corrected chi connectivity index (χ1v) is 5.40. The lowest BCUT2D eigenvalue weighted by atomic mass is 9.82. The van der Waals surface area contributed by atoms with Gasteiger partial charge in [-0.25, -0.2) is 0 Å². The Morgan fingerprint density at radius 1 is 1.57 bits per heavy atom. The maximum absolute atomic E-state index is 11.8. The van der Waals surface area contributed by atoms with Gasteiger partial charge in [-0.3, -0.25) is 9.69 Å². The highest BCUT2D eigenvalue weighted by Crippen LogP contribution is 2.28. The average Bonchev–Trinajstić information content (AvgIpc) is 2.18. The van der Waals surface area contributed by atoms with Gasteiger partial charge in [-0.15, -0.1) is 0 Å².